The van der Waals surface area contributed by atoms with Crippen molar-refractivity contribution in [3.8, 4) is 5.75 Å². The molecule has 0 N–H and O–H groups in total. The minimum atomic E-state index is -0.599. The van der Waals surface area contributed by atoms with Crippen LogP contribution in [0.1, 0.15) is 28.8 Å². The average Bonchev–Trinajstić information content (AvgIpc) is 2.47. The van der Waals surface area contributed by atoms with E-state index in [-0.39, 0.29) is 23.0 Å². The van der Waals surface area contributed by atoms with Gasteiger partial charge in [0.25, 0.3) is 0 Å². The molecule has 98 valence electrons. The molecule has 2 rings (SSSR count). The Hall–Kier alpha value is -2.16. The zero-order valence-corrected chi connectivity index (χ0v) is 10.9. The number of halogens is 1. The van der Waals surface area contributed by atoms with Crippen molar-refractivity contribution >= 4 is 5.78 Å². The van der Waals surface area contributed by atoms with E-state index in [0.717, 1.165) is 5.56 Å². The van der Waals surface area contributed by atoms with Gasteiger partial charge in [-0.1, -0.05) is 43.3 Å². The Morgan fingerprint density at radius 1 is 1.11 bits per heavy atom. The van der Waals surface area contributed by atoms with Crippen LogP contribution in [-0.4, -0.2) is 12.9 Å². The van der Waals surface area contributed by atoms with Crippen LogP contribution in [0.25, 0.3) is 0 Å². The molecule has 0 aliphatic rings. The lowest BCUT2D eigenvalue weighted by Crippen LogP contribution is -2.12. The first-order chi connectivity index (χ1) is 9.15. The molecule has 0 fully saturated rings. The number of carbonyl (C=O) groups is 1. The summed E-state index contributed by atoms with van der Waals surface area (Å²) >= 11 is 0. The van der Waals surface area contributed by atoms with Crippen molar-refractivity contribution in [3.05, 3.63) is 65.5 Å². The highest BCUT2D eigenvalue weighted by molar-refractivity contribution is 6.01. The van der Waals surface area contributed by atoms with Gasteiger partial charge in [-0.2, -0.15) is 0 Å². The van der Waals surface area contributed by atoms with Crippen molar-refractivity contribution in [1.29, 1.82) is 0 Å². The summed E-state index contributed by atoms with van der Waals surface area (Å²) in [6.45, 7) is 1.77. The van der Waals surface area contributed by atoms with Gasteiger partial charge in [0.05, 0.1) is 12.7 Å². The van der Waals surface area contributed by atoms with Crippen LogP contribution in [0.4, 0.5) is 4.39 Å². The topological polar surface area (TPSA) is 26.3 Å². The highest BCUT2D eigenvalue weighted by atomic mass is 19.1. The number of benzene rings is 2. The molecule has 0 amide bonds. The van der Waals surface area contributed by atoms with Gasteiger partial charge in [-0.25, -0.2) is 4.39 Å². The minimum Gasteiger partial charge on any atom is -0.494 e. The molecule has 0 radical (unpaired) electrons. The molecule has 1 atom stereocenters. The van der Waals surface area contributed by atoms with Crippen molar-refractivity contribution in [2.45, 2.75) is 12.8 Å². The van der Waals surface area contributed by atoms with Crippen molar-refractivity contribution in [2.24, 2.45) is 0 Å². The predicted molar refractivity (Wildman–Crippen MR) is 72.1 cm³/mol. The van der Waals surface area contributed by atoms with Gasteiger partial charge in [0.2, 0.25) is 0 Å². The zero-order chi connectivity index (χ0) is 13.8. The van der Waals surface area contributed by atoms with Gasteiger partial charge in [0.15, 0.2) is 17.3 Å². The molecular formula is C16H15FO2. The van der Waals surface area contributed by atoms with Crippen LogP contribution in [0.2, 0.25) is 0 Å². The Bertz CT molecular complexity index is 579. The van der Waals surface area contributed by atoms with E-state index in [1.165, 1.54) is 19.2 Å². The summed E-state index contributed by atoms with van der Waals surface area (Å²) in [5.41, 5.74) is 0.936. The second-order valence-electron chi connectivity index (χ2n) is 4.32. The molecule has 0 bridgehead atoms. The molecule has 19 heavy (non-hydrogen) atoms. The molecule has 2 aromatic carbocycles. The maximum Gasteiger partial charge on any atom is 0.175 e. The summed E-state index contributed by atoms with van der Waals surface area (Å²) in [5.74, 6) is -1.14. The predicted octanol–water partition coefficient (Wildman–Crippen LogP) is 3.82. The van der Waals surface area contributed by atoms with E-state index in [0.29, 0.717) is 0 Å². The molecule has 0 spiro atoms. The van der Waals surface area contributed by atoms with Gasteiger partial charge in [-0.3, -0.25) is 4.79 Å². The fraction of sp³-hybridized carbons (Fsp3) is 0.188. The average molecular weight is 258 g/mol. The number of hydrogen-bond acceptors (Lipinski definition) is 2. The fourth-order valence-electron chi connectivity index (χ4n) is 1.99. The number of methoxy groups -OCH3 is 1. The molecule has 2 aromatic rings. The van der Waals surface area contributed by atoms with Crippen molar-refractivity contribution in [3.63, 3.8) is 0 Å². The van der Waals surface area contributed by atoms with Crippen LogP contribution >= 0.6 is 0 Å². The number of carbonyl (C=O) groups excluding carboxylic acids is 1. The highest BCUT2D eigenvalue weighted by Crippen LogP contribution is 2.26. The molecule has 3 heteroatoms. The third kappa shape index (κ3) is 2.65. The number of Topliss-reactive ketones (excluding diaryl/α,β-unsaturated/α-hetero) is 1. The molecule has 0 saturated heterocycles. The fourth-order valence-corrected chi connectivity index (χ4v) is 1.99. The lowest BCUT2D eigenvalue weighted by molar-refractivity contribution is 0.0961. The Labute approximate surface area is 111 Å². The standard InChI is InChI=1S/C16H15FO2/c1-11(12-7-4-3-5-8-12)16(18)13-9-6-10-14(19-2)15(13)17/h3-11H,1-2H3. The Balaban J connectivity index is 2.35. The minimum absolute atomic E-state index is 0.0655. The highest BCUT2D eigenvalue weighted by Gasteiger charge is 2.21. The van der Waals surface area contributed by atoms with E-state index in [1.54, 1.807) is 13.0 Å². The van der Waals surface area contributed by atoms with Crippen LogP contribution in [0.3, 0.4) is 0 Å². The van der Waals surface area contributed by atoms with Gasteiger partial charge in [0, 0.05) is 5.92 Å². The first-order valence-corrected chi connectivity index (χ1v) is 6.06. The van der Waals surface area contributed by atoms with Crippen molar-refractivity contribution in [2.75, 3.05) is 7.11 Å². The van der Waals surface area contributed by atoms with Gasteiger partial charge in [-0.15, -0.1) is 0 Å². The van der Waals surface area contributed by atoms with Gasteiger partial charge in [-0.05, 0) is 17.7 Å². The summed E-state index contributed by atoms with van der Waals surface area (Å²) in [6, 6.07) is 13.9. The summed E-state index contributed by atoms with van der Waals surface area (Å²) < 4.78 is 18.9. The van der Waals surface area contributed by atoms with Crippen LogP contribution in [0.5, 0.6) is 5.75 Å². The number of ether oxygens (including phenoxy) is 1. The maximum absolute atomic E-state index is 14.1. The van der Waals surface area contributed by atoms with Gasteiger partial charge >= 0.3 is 0 Å². The van der Waals surface area contributed by atoms with Crippen LogP contribution < -0.4 is 4.74 Å². The van der Waals surface area contributed by atoms with Crippen molar-refractivity contribution in [1.82, 2.24) is 0 Å². The Morgan fingerprint density at radius 3 is 2.42 bits per heavy atom. The smallest absolute Gasteiger partial charge is 0.175 e. The van der Waals surface area contributed by atoms with E-state index < -0.39 is 5.82 Å². The lowest BCUT2D eigenvalue weighted by atomic mass is 9.92. The molecule has 0 aliphatic heterocycles. The van der Waals surface area contributed by atoms with Gasteiger partial charge in [0.1, 0.15) is 0 Å². The normalized spacial score (nSPS) is 11.9. The quantitative estimate of drug-likeness (QED) is 0.779. The van der Waals surface area contributed by atoms with Crippen molar-refractivity contribution < 1.29 is 13.9 Å². The number of hydrogen-bond donors (Lipinski definition) is 0. The lowest BCUT2D eigenvalue weighted by Gasteiger charge is -2.12. The molecule has 0 aromatic heterocycles. The second-order valence-corrected chi connectivity index (χ2v) is 4.32. The number of rotatable bonds is 4. The largest absolute Gasteiger partial charge is 0.494 e. The van der Waals surface area contributed by atoms with Crippen LogP contribution in [0, 0.1) is 5.82 Å². The SMILES string of the molecule is COc1cccc(C(=O)C(C)c2ccccc2)c1F. The molecule has 2 nitrogen and oxygen atoms in total. The summed E-state index contributed by atoms with van der Waals surface area (Å²) in [7, 11) is 1.38. The van der Waals surface area contributed by atoms with E-state index in [2.05, 4.69) is 0 Å². The first-order valence-electron chi connectivity index (χ1n) is 6.06. The van der Waals surface area contributed by atoms with Crippen LogP contribution in [-0.2, 0) is 0 Å². The number of ketones is 1. The molecule has 0 aliphatic carbocycles. The summed E-state index contributed by atoms with van der Waals surface area (Å²) in [5, 5.41) is 0. The Morgan fingerprint density at radius 2 is 1.79 bits per heavy atom. The molecule has 1 unspecified atom stereocenters. The van der Waals surface area contributed by atoms with Crippen LogP contribution in [0.15, 0.2) is 48.5 Å². The molecular weight excluding hydrogens is 243 g/mol. The summed E-state index contributed by atoms with van der Waals surface area (Å²) in [6.07, 6.45) is 0. The summed E-state index contributed by atoms with van der Waals surface area (Å²) in [4.78, 5) is 12.3. The molecule has 0 heterocycles. The monoisotopic (exact) mass is 258 g/mol. The van der Waals surface area contributed by atoms with Gasteiger partial charge < -0.3 is 4.74 Å². The Kier molecular flexibility index (Phi) is 3.95. The van der Waals surface area contributed by atoms with E-state index in [9.17, 15) is 9.18 Å². The van der Waals surface area contributed by atoms with E-state index in [4.69, 9.17) is 4.74 Å². The second kappa shape index (κ2) is 5.65. The van der Waals surface area contributed by atoms with E-state index >= 15 is 0 Å². The zero-order valence-electron chi connectivity index (χ0n) is 10.9. The third-order valence-corrected chi connectivity index (χ3v) is 3.14. The third-order valence-electron chi connectivity index (χ3n) is 3.14. The first kappa shape index (κ1) is 13.3. The maximum atomic E-state index is 14.1. The van der Waals surface area contributed by atoms with E-state index in [1.807, 2.05) is 30.3 Å². The molecule has 0 saturated carbocycles.